The summed E-state index contributed by atoms with van der Waals surface area (Å²) < 4.78 is 5.48. The molecule has 1 amide bonds. The zero-order chi connectivity index (χ0) is 20.1. The van der Waals surface area contributed by atoms with Gasteiger partial charge in [0.1, 0.15) is 11.4 Å². The van der Waals surface area contributed by atoms with Crippen LogP contribution in [-0.4, -0.2) is 35.2 Å². The molecule has 0 aromatic heterocycles. The van der Waals surface area contributed by atoms with E-state index in [1.807, 2.05) is 68.4 Å². The van der Waals surface area contributed by atoms with E-state index in [-0.39, 0.29) is 23.2 Å². The highest BCUT2D eigenvalue weighted by atomic mass is 32.2. The number of benzene rings is 2. The van der Waals surface area contributed by atoms with Crippen molar-refractivity contribution in [2.45, 2.75) is 38.6 Å². The molecule has 0 unspecified atom stereocenters. The number of nitrogens with zero attached hydrogens (tertiary/aromatic N) is 1. The zero-order valence-electron chi connectivity index (χ0n) is 16.6. The summed E-state index contributed by atoms with van der Waals surface area (Å²) in [6, 6.07) is 16.9. The molecule has 0 bridgehead atoms. The predicted octanol–water partition coefficient (Wildman–Crippen LogP) is 4.70. The van der Waals surface area contributed by atoms with E-state index in [0.29, 0.717) is 17.9 Å². The minimum Gasteiger partial charge on any atom is -0.464 e. The van der Waals surface area contributed by atoms with Crippen LogP contribution in [0.25, 0.3) is 0 Å². The first kappa shape index (κ1) is 20.5. The summed E-state index contributed by atoms with van der Waals surface area (Å²) in [5, 5.41) is -0.198. The number of rotatable bonds is 6. The van der Waals surface area contributed by atoms with Crippen LogP contribution in [0.5, 0.6) is 0 Å². The highest BCUT2D eigenvalue weighted by Crippen LogP contribution is 2.42. The molecule has 28 heavy (non-hydrogen) atoms. The summed E-state index contributed by atoms with van der Waals surface area (Å²) >= 11 is 1.61. The van der Waals surface area contributed by atoms with Crippen LogP contribution in [0.3, 0.4) is 0 Å². The number of thioether (sulfide) groups is 1. The summed E-state index contributed by atoms with van der Waals surface area (Å²) in [6.07, 6.45) is 0.921. The molecule has 4 nitrogen and oxygen atoms in total. The lowest BCUT2D eigenvalue weighted by atomic mass is 10.1. The third-order valence-electron chi connectivity index (χ3n) is 4.76. The molecule has 1 heterocycles. The number of hydrogen-bond acceptors (Lipinski definition) is 4. The van der Waals surface area contributed by atoms with E-state index in [0.717, 1.165) is 12.0 Å². The van der Waals surface area contributed by atoms with Crippen LogP contribution >= 0.6 is 11.8 Å². The Morgan fingerprint density at radius 3 is 2.39 bits per heavy atom. The molecule has 2 aromatic carbocycles. The molecule has 2 aromatic rings. The SMILES string of the molecule is CCc1ccc(C(=O)N2[C@H](C(=O)OCC(C)C)CS[C@H]2c2ccccc2)cc1. The zero-order valence-corrected chi connectivity index (χ0v) is 17.4. The van der Waals surface area contributed by atoms with Gasteiger partial charge in [-0.05, 0) is 35.6 Å². The van der Waals surface area contributed by atoms with Gasteiger partial charge < -0.3 is 9.64 Å². The van der Waals surface area contributed by atoms with Gasteiger partial charge >= 0.3 is 5.97 Å². The van der Waals surface area contributed by atoms with Crippen LogP contribution in [-0.2, 0) is 16.0 Å². The van der Waals surface area contributed by atoms with E-state index in [4.69, 9.17) is 4.74 Å². The number of aryl methyl sites for hydroxylation is 1. The molecule has 0 spiro atoms. The average molecular weight is 398 g/mol. The van der Waals surface area contributed by atoms with Gasteiger partial charge in [0.25, 0.3) is 5.91 Å². The lowest BCUT2D eigenvalue weighted by Gasteiger charge is -2.29. The largest absolute Gasteiger partial charge is 0.464 e. The summed E-state index contributed by atoms with van der Waals surface area (Å²) in [5.41, 5.74) is 2.80. The second-order valence-electron chi connectivity index (χ2n) is 7.40. The van der Waals surface area contributed by atoms with Crippen molar-refractivity contribution in [2.75, 3.05) is 12.4 Å². The number of amides is 1. The van der Waals surface area contributed by atoms with Gasteiger partial charge in [-0.1, -0.05) is 63.2 Å². The minimum absolute atomic E-state index is 0.131. The first-order chi connectivity index (χ1) is 13.5. The van der Waals surface area contributed by atoms with Crippen LogP contribution < -0.4 is 0 Å². The summed E-state index contributed by atoms with van der Waals surface area (Å²) in [6.45, 7) is 6.45. The molecule has 1 aliphatic rings. The maximum Gasteiger partial charge on any atom is 0.329 e. The number of carbonyl (C=O) groups excluding carboxylic acids is 2. The molecule has 1 aliphatic heterocycles. The number of ether oxygens (including phenoxy) is 1. The Morgan fingerprint density at radius 2 is 1.79 bits per heavy atom. The highest BCUT2D eigenvalue weighted by molar-refractivity contribution is 7.99. The third kappa shape index (κ3) is 4.58. The molecule has 0 N–H and O–H groups in total. The number of carbonyl (C=O) groups is 2. The van der Waals surface area contributed by atoms with Crippen LogP contribution in [0.4, 0.5) is 0 Å². The Bertz CT molecular complexity index is 804. The second-order valence-corrected chi connectivity index (χ2v) is 8.51. The predicted molar refractivity (Wildman–Crippen MR) is 113 cm³/mol. The van der Waals surface area contributed by atoms with Crippen molar-refractivity contribution >= 4 is 23.6 Å². The van der Waals surface area contributed by atoms with E-state index >= 15 is 0 Å². The van der Waals surface area contributed by atoms with Crippen molar-refractivity contribution in [2.24, 2.45) is 5.92 Å². The molecule has 5 heteroatoms. The summed E-state index contributed by atoms with van der Waals surface area (Å²) in [4.78, 5) is 27.8. The van der Waals surface area contributed by atoms with Crippen molar-refractivity contribution in [3.05, 3.63) is 71.3 Å². The Morgan fingerprint density at radius 1 is 1.11 bits per heavy atom. The second kappa shape index (κ2) is 9.28. The quantitative estimate of drug-likeness (QED) is 0.663. The molecule has 2 atom stereocenters. The van der Waals surface area contributed by atoms with E-state index in [9.17, 15) is 9.59 Å². The van der Waals surface area contributed by atoms with E-state index in [1.165, 1.54) is 5.56 Å². The van der Waals surface area contributed by atoms with Gasteiger partial charge in [-0.2, -0.15) is 0 Å². The smallest absolute Gasteiger partial charge is 0.329 e. The fraction of sp³-hybridized carbons (Fsp3) is 0.391. The Labute approximate surface area is 171 Å². The summed E-state index contributed by atoms with van der Waals surface area (Å²) in [5.74, 6) is 0.342. The monoisotopic (exact) mass is 397 g/mol. The van der Waals surface area contributed by atoms with Gasteiger partial charge in [-0.3, -0.25) is 4.79 Å². The lowest BCUT2D eigenvalue weighted by molar-refractivity contribution is -0.149. The molecule has 148 valence electrons. The van der Waals surface area contributed by atoms with Gasteiger partial charge in [0.2, 0.25) is 0 Å². The Balaban J connectivity index is 1.89. The fourth-order valence-corrected chi connectivity index (χ4v) is 4.60. The van der Waals surface area contributed by atoms with E-state index < -0.39 is 6.04 Å². The molecular weight excluding hydrogens is 370 g/mol. The van der Waals surface area contributed by atoms with Gasteiger partial charge in [0, 0.05) is 11.3 Å². The van der Waals surface area contributed by atoms with E-state index in [2.05, 4.69) is 6.92 Å². The normalized spacial score (nSPS) is 19.1. The van der Waals surface area contributed by atoms with Crippen LogP contribution in [0.1, 0.15) is 47.6 Å². The summed E-state index contributed by atoms with van der Waals surface area (Å²) in [7, 11) is 0. The van der Waals surface area contributed by atoms with Gasteiger partial charge in [-0.15, -0.1) is 11.8 Å². The van der Waals surface area contributed by atoms with Gasteiger partial charge in [0.15, 0.2) is 0 Å². The fourth-order valence-electron chi connectivity index (χ4n) is 3.19. The maximum absolute atomic E-state index is 13.4. The molecule has 1 fully saturated rings. The molecule has 0 radical (unpaired) electrons. The van der Waals surface area contributed by atoms with Crippen molar-refractivity contribution in [3.8, 4) is 0 Å². The topological polar surface area (TPSA) is 46.6 Å². The standard InChI is InChI=1S/C23H27NO3S/c1-4-17-10-12-18(13-11-17)21(25)24-20(23(26)27-14-16(2)3)15-28-22(24)19-8-6-5-7-9-19/h5-13,16,20,22H,4,14-15H2,1-3H3/t20-,22-/m0/s1. The first-order valence-electron chi connectivity index (χ1n) is 9.76. The Kier molecular flexibility index (Phi) is 6.79. The van der Waals surface area contributed by atoms with Crippen molar-refractivity contribution in [1.29, 1.82) is 0 Å². The molecule has 3 rings (SSSR count). The lowest BCUT2D eigenvalue weighted by Crippen LogP contribution is -2.44. The molecule has 0 saturated carbocycles. The van der Waals surface area contributed by atoms with Gasteiger partial charge in [-0.25, -0.2) is 4.79 Å². The van der Waals surface area contributed by atoms with Crippen molar-refractivity contribution in [1.82, 2.24) is 4.90 Å². The van der Waals surface area contributed by atoms with Crippen molar-refractivity contribution in [3.63, 3.8) is 0 Å². The van der Waals surface area contributed by atoms with Gasteiger partial charge in [0.05, 0.1) is 6.61 Å². The average Bonchev–Trinajstić information content (AvgIpc) is 3.17. The van der Waals surface area contributed by atoms with Crippen LogP contribution in [0, 0.1) is 5.92 Å². The number of hydrogen-bond donors (Lipinski definition) is 0. The molecule has 0 aliphatic carbocycles. The molecule has 1 saturated heterocycles. The Hall–Kier alpha value is -2.27. The minimum atomic E-state index is -0.577. The highest BCUT2D eigenvalue weighted by Gasteiger charge is 2.43. The van der Waals surface area contributed by atoms with Crippen LogP contribution in [0.15, 0.2) is 54.6 Å². The van der Waals surface area contributed by atoms with E-state index in [1.54, 1.807) is 16.7 Å². The third-order valence-corrected chi connectivity index (χ3v) is 6.08. The van der Waals surface area contributed by atoms with Crippen molar-refractivity contribution < 1.29 is 14.3 Å². The molecular formula is C23H27NO3S. The maximum atomic E-state index is 13.4. The van der Waals surface area contributed by atoms with Crippen LogP contribution in [0.2, 0.25) is 0 Å². The first-order valence-corrected chi connectivity index (χ1v) is 10.8. The number of esters is 1.